The topological polar surface area (TPSA) is 80.7 Å². The molecule has 0 amide bonds. The van der Waals surface area contributed by atoms with Gasteiger partial charge in [-0.1, -0.05) is 12.1 Å². The van der Waals surface area contributed by atoms with Crippen LogP contribution in [0.4, 0.5) is 13.2 Å². The van der Waals surface area contributed by atoms with Crippen molar-refractivity contribution in [1.29, 1.82) is 0 Å². The first-order valence-corrected chi connectivity index (χ1v) is 9.32. The average Bonchev–Trinajstić information content (AvgIpc) is 2.53. The molecule has 0 unspecified atom stereocenters. The minimum Gasteiger partial charge on any atom is -0.481 e. The predicted molar refractivity (Wildman–Crippen MR) is 83.6 cm³/mol. The van der Waals surface area contributed by atoms with Gasteiger partial charge in [0.05, 0.1) is 0 Å². The first-order valence-electron chi connectivity index (χ1n) is 7.91. The quantitative estimate of drug-likeness (QED) is 0.595. The van der Waals surface area contributed by atoms with E-state index in [1.54, 1.807) is 12.1 Å². The number of carboxylic acids is 1. The third-order valence-electron chi connectivity index (χ3n) is 4.45. The van der Waals surface area contributed by atoms with Crippen LogP contribution in [0.5, 0.6) is 5.75 Å². The van der Waals surface area contributed by atoms with Gasteiger partial charge < -0.3 is 9.29 Å². The van der Waals surface area contributed by atoms with Crippen molar-refractivity contribution in [2.24, 2.45) is 5.92 Å². The lowest BCUT2D eigenvalue weighted by Crippen LogP contribution is -2.28. The molecule has 0 bridgehead atoms. The monoisotopic (exact) mass is 380 g/mol. The van der Waals surface area contributed by atoms with Crippen molar-refractivity contribution in [3.8, 4) is 5.75 Å². The van der Waals surface area contributed by atoms with Gasteiger partial charge in [0.1, 0.15) is 5.75 Å². The number of alkyl halides is 3. The van der Waals surface area contributed by atoms with Crippen LogP contribution in [0.15, 0.2) is 24.3 Å². The zero-order chi connectivity index (χ0) is 18.7. The summed E-state index contributed by atoms with van der Waals surface area (Å²) in [5.74, 6) is -0.566. The molecule has 9 heteroatoms. The summed E-state index contributed by atoms with van der Waals surface area (Å²) in [6.45, 7) is 0. The summed E-state index contributed by atoms with van der Waals surface area (Å²) in [6.07, 6.45) is 4.35. The Balaban J connectivity index is 1.92. The predicted octanol–water partition coefficient (Wildman–Crippen LogP) is 4.05. The summed E-state index contributed by atoms with van der Waals surface area (Å²) in [5, 5.41) is 8.71. The van der Waals surface area contributed by atoms with Crippen LogP contribution in [-0.2, 0) is 14.9 Å². The molecule has 1 aliphatic rings. The standard InChI is InChI=1S/C16H19F3O5S/c17-16(18,19)25(22,23)24-14-8-6-13(7-9-14)12-4-1-11(2-5-12)3-10-15(20)21/h6-9,11-12H,1-5,10H2,(H,20,21)/t11-,12-. The molecular weight excluding hydrogens is 361 g/mol. The van der Waals surface area contributed by atoms with Gasteiger partial charge in [0.2, 0.25) is 0 Å². The van der Waals surface area contributed by atoms with Crippen LogP contribution < -0.4 is 4.18 Å². The highest BCUT2D eigenvalue weighted by atomic mass is 32.2. The number of halogens is 3. The number of rotatable bonds is 6. The van der Waals surface area contributed by atoms with Gasteiger partial charge in [0, 0.05) is 6.42 Å². The number of hydrogen-bond donors (Lipinski definition) is 1. The zero-order valence-corrected chi connectivity index (χ0v) is 14.1. The molecule has 0 atom stereocenters. The number of aliphatic carboxylic acids is 1. The van der Waals surface area contributed by atoms with Crippen molar-refractivity contribution in [3.63, 3.8) is 0 Å². The molecule has 0 aromatic heterocycles. The van der Waals surface area contributed by atoms with Crippen molar-refractivity contribution in [3.05, 3.63) is 29.8 Å². The van der Waals surface area contributed by atoms with Crippen molar-refractivity contribution in [2.75, 3.05) is 0 Å². The van der Waals surface area contributed by atoms with E-state index in [-0.39, 0.29) is 18.1 Å². The van der Waals surface area contributed by atoms with E-state index in [1.807, 2.05) is 0 Å². The summed E-state index contributed by atoms with van der Waals surface area (Å²) in [5.41, 5.74) is -4.55. The fourth-order valence-corrected chi connectivity index (χ4v) is 3.54. The third-order valence-corrected chi connectivity index (χ3v) is 5.43. The molecule has 0 aliphatic heterocycles. The van der Waals surface area contributed by atoms with Gasteiger partial charge in [0.15, 0.2) is 0 Å². The maximum absolute atomic E-state index is 12.3. The Hall–Kier alpha value is -1.77. The lowest BCUT2D eigenvalue weighted by atomic mass is 9.77. The molecule has 0 saturated heterocycles. The van der Waals surface area contributed by atoms with Crippen LogP contribution >= 0.6 is 0 Å². The van der Waals surface area contributed by atoms with E-state index in [9.17, 15) is 26.4 Å². The average molecular weight is 380 g/mol. The Labute approximate surface area is 143 Å². The molecule has 1 saturated carbocycles. The molecule has 1 aromatic rings. The molecule has 0 radical (unpaired) electrons. The minimum atomic E-state index is -5.66. The van der Waals surface area contributed by atoms with Gasteiger partial charge in [-0.2, -0.15) is 21.6 Å². The first kappa shape index (κ1) is 19.6. The van der Waals surface area contributed by atoms with Crippen molar-refractivity contribution >= 4 is 16.1 Å². The fraction of sp³-hybridized carbons (Fsp3) is 0.562. The third kappa shape index (κ3) is 5.35. The van der Waals surface area contributed by atoms with Gasteiger partial charge in [-0.15, -0.1) is 0 Å². The molecule has 1 N–H and O–H groups in total. The summed E-state index contributed by atoms with van der Waals surface area (Å²) in [6, 6.07) is 5.58. The molecular formula is C16H19F3O5S. The van der Waals surface area contributed by atoms with Gasteiger partial charge in [0.25, 0.3) is 0 Å². The molecule has 5 nitrogen and oxygen atoms in total. The Bertz CT molecular complexity index is 689. The molecule has 1 aromatic carbocycles. The fourth-order valence-electron chi connectivity index (χ4n) is 3.08. The number of carboxylic acid groups (broad SMARTS) is 1. The highest BCUT2D eigenvalue weighted by molar-refractivity contribution is 7.88. The number of benzene rings is 1. The van der Waals surface area contributed by atoms with Gasteiger partial charge in [-0.05, 0) is 61.6 Å². The Morgan fingerprint density at radius 2 is 1.68 bits per heavy atom. The van der Waals surface area contributed by atoms with Gasteiger partial charge in [-0.3, -0.25) is 4.79 Å². The lowest BCUT2D eigenvalue weighted by Gasteiger charge is -2.28. The van der Waals surface area contributed by atoms with Crippen LogP contribution in [0, 0.1) is 5.92 Å². The Morgan fingerprint density at radius 1 is 1.12 bits per heavy atom. The normalized spacial score (nSPS) is 21.7. The van der Waals surface area contributed by atoms with Gasteiger partial charge >= 0.3 is 21.6 Å². The molecule has 140 valence electrons. The molecule has 1 aliphatic carbocycles. The SMILES string of the molecule is O=C(O)CC[C@H]1CC[C@H](c2ccc(OS(=O)(=O)C(F)(F)F)cc2)CC1. The van der Waals surface area contributed by atoms with Crippen LogP contribution in [0.2, 0.25) is 0 Å². The molecule has 0 spiro atoms. The highest BCUT2D eigenvalue weighted by Gasteiger charge is 2.48. The van der Waals surface area contributed by atoms with Crippen molar-refractivity contribution < 1.29 is 35.7 Å². The van der Waals surface area contributed by atoms with Crippen molar-refractivity contribution in [1.82, 2.24) is 0 Å². The maximum Gasteiger partial charge on any atom is 0.534 e. The summed E-state index contributed by atoms with van der Waals surface area (Å²) in [4.78, 5) is 10.6. The second kappa shape index (κ2) is 7.63. The van der Waals surface area contributed by atoms with E-state index in [0.29, 0.717) is 12.3 Å². The van der Waals surface area contributed by atoms with Crippen LogP contribution in [-0.4, -0.2) is 25.0 Å². The second-order valence-corrected chi connectivity index (χ2v) is 7.74. The van der Waals surface area contributed by atoms with Crippen LogP contribution in [0.1, 0.15) is 50.0 Å². The molecule has 0 heterocycles. The summed E-state index contributed by atoms with van der Waals surface area (Å²) >= 11 is 0. The molecule has 25 heavy (non-hydrogen) atoms. The van der Waals surface area contributed by atoms with Crippen LogP contribution in [0.3, 0.4) is 0 Å². The highest BCUT2D eigenvalue weighted by Crippen LogP contribution is 2.38. The van der Waals surface area contributed by atoms with E-state index >= 15 is 0 Å². The second-order valence-electron chi connectivity index (χ2n) is 6.20. The van der Waals surface area contributed by atoms with Crippen molar-refractivity contribution in [2.45, 2.75) is 50.0 Å². The summed E-state index contributed by atoms with van der Waals surface area (Å²) < 4.78 is 62.9. The number of carbonyl (C=O) groups is 1. The summed E-state index contributed by atoms with van der Waals surface area (Å²) in [7, 11) is -5.66. The Morgan fingerprint density at radius 3 is 2.16 bits per heavy atom. The molecule has 1 fully saturated rings. The lowest BCUT2D eigenvalue weighted by molar-refractivity contribution is -0.137. The Kier molecular flexibility index (Phi) is 5.97. The number of hydrogen-bond acceptors (Lipinski definition) is 4. The van der Waals surface area contributed by atoms with E-state index in [0.717, 1.165) is 31.2 Å². The molecule has 2 rings (SSSR count). The first-order chi connectivity index (χ1) is 11.6. The smallest absolute Gasteiger partial charge is 0.481 e. The van der Waals surface area contributed by atoms with E-state index in [1.165, 1.54) is 12.1 Å². The van der Waals surface area contributed by atoms with E-state index in [2.05, 4.69) is 4.18 Å². The van der Waals surface area contributed by atoms with Crippen LogP contribution in [0.25, 0.3) is 0 Å². The largest absolute Gasteiger partial charge is 0.534 e. The van der Waals surface area contributed by atoms with Gasteiger partial charge in [-0.25, -0.2) is 0 Å². The maximum atomic E-state index is 12.3. The van der Waals surface area contributed by atoms with E-state index < -0.39 is 21.6 Å². The zero-order valence-electron chi connectivity index (χ0n) is 13.3. The minimum absolute atomic E-state index is 0.162. The van der Waals surface area contributed by atoms with E-state index in [4.69, 9.17) is 5.11 Å².